The van der Waals surface area contributed by atoms with E-state index in [4.69, 9.17) is 5.73 Å². The summed E-state index contributed by atoms with van der Waals surface area (Å²) in [6.45, 7) is 4.23. The van der Waals surface area contributed by atoms with Crippen LogP contribution in [-0.4, -0.2) is 9.55 Å². The predicted octanol–water partition coefficient (Wildman–Crippen LogP) is 3.29. The Morgan fingerprint density at radius 3 is 2.76 bits per heavy atom. The standard InChI is InChI=1S/C13H16BrN3/c1-9(2)13(15)12-7-16-8-17(12)11-5-3-4-10(14)6-11/h3-9,13H,15H2,1-2H3. The fourth-order valence-electron chi connectivity index (χ4n) is 1.74. The van der Waals surface area contributed by atoms with Crippen LogP contribution >= 0.6 is 15.9 Å². The van der Waals surface area contributed by atoms with Crippen molar-refractivity contribution in [1.29, 1.82) is 0 Å². The molecule has 1 aromatic heterocycles. The largest absolute Gasteiger partial charge is 0.322 e. The summed E-state index contributed by atoms with van der Waals surface area (Å²) in [6, 6.07) is 8.10. The highest BCUT2D eigenvalue weighted by atomic mass is 79.9. The van der Waals surface area contributed by atoms with E-state index in [2.05, 4.69) is 40.8 Å². The molecule has 2 aromatic rings. The van der Waals surface area contributed by atoms with E-state index in [0.29, 0.717) is 5.92 Å². The number of nitrogens with two attached hydrogens (primary N) is 1. The summed E-state index contributed by atoms with van der Waals surface area (Å²) in [5.41, 5.74) is 8.30. The number of hydrogen-bond donors (Lipinski definition) is 1. The molecule has 1 aromatic carbocycles. The Labute approximate surface area is 110 Å². The summed E-state index contributed by atoms with van der Waals surface area (Å²) in [4.78, 5) is 4.20. The van der Waals surface area contributed by atoms with Crippen LogP contribution in [0.1, 0.15) is 25.6 Å². The third-order valence-electron chi connectivity index (χ3n) is 2.81. The van der Waals surface area contributed by atoms with Crippen LogP contribution in [0.4, 0.5) is 0 Å². The first-order chi connectivity index (χ1) is 8.09. The second-order valence-corrected chi connectivity index (χ2v) is 5.35. The lowest BCUT2D eigenvalue weighted by Gasteiger charge is -2.18. The van der Waals surface area contributed by atoms with Crippen molar-refractivity contribution >= 4 is 15.9 Å². The van der Waals surface area contributed by atoms with Gasteiger partial charge in [-0.25, -0.2) is 4.98 Å². The van der Waals surface area contributed by atoms with E-state index in [9.17, 15) is 0 Å². The molecule has 0 saturated carbocycles. The third kappa shape index (κ3) is 2.58. The highest BCUT2D eigenvalue weighted by Crippen LogP contribution is 2.23. The summed E-state index contributed by atoms with van der Waals surface area (Å²) in [6.07, 6.45) is 3.64. The van der Waals surface area contributed by atoms with Crippen LogP contribution in [0.2, 0.25) is 0 Å². The second kappa shape index (κ2) is 5.02. The van der Waals surface area contributed by atoms with Gasteiger partial charge >= 0.3 is 0 Å². The molecule has 17 heavy (non-hydrogen) atoms. The first-order valence-corrected chi connectivity index (χ1v) is 6.42. The Bertz CT molecular complexity index is 505. The van der Waals surface area contributed by atoms with Gasteiger partial charge in [-0.15, -0.1) is 0 Å². The van der Waals surface area contributed by atoms with E-state index in [0.717, 1.165) is 15.9 Å². The average Bonchev–Trinajstić information content (AvgIpc) is 2.76. The van der Waals surface area contributed by atoms with Gasteiger partial charge in [-0.05, 0) is 24.1 Å². The van der Waals surface area contributed by atoms with Crippen LogP contribution in [-0.2, 0) is 0 Å². The third-order valence-corrected chi connectivity index (χ3v) is 3.31. The van der Waals surface area contributed by atoms with Crippen LogP contribution in [0, 0.1) is 5.92 Å². The molecule has 0 aliphatic heterocycles. The van der Waals surface area contributed by atoms with Gasteiger partial charge in [-0.2, -0.15) is 0 Å². The fraction of sp³-hybridized carbons (Fsp3) is 0.308. The maximum Gasteiger partial charge on any atom is 0.0994 e. The lowest BCUT2D eigenvalue weighted by molar-refractivity contribution is 0.497. The molecule has 0 aliphatic rings. The maximum absolute atomic E-state index is 6.19. The van der Waals surface area contributed by atoms with Crippen LogP contribution in [0.5, 0.6) is 0 Å². The van der Waals surface area contributed by atoms with Crippen molar-refractivity contribution in [3.8, 4) is 5.69 Å². The summed E-state index contributed by atoms with van der Waals surface area (Å²) in [5, 5.41) is 0. The Hall–Kier alpha value is -1.13. The minimum atomic E-state index is -0.00326. The molecule has 0 fully saturated rings. The maximum atomic E-state index is 6.19. The number of halogens is 1. The number of hydrogen-bond acceptors (Lipinski definition) is 2. The van der Waals surface area contributed by atoms with E-state index in [1.807, 2.05) is 29.0 Å². The summed E-state index contributed by atoms with van der Waals surface area (Å²) in [5.74, 6) is 0.387. The predicted molar refractivity (Wildman–Crippen MR) is 73.0 cm³/mol. The minimum Gasteiger partial charge on any atom is -0.322 e. The zero-order chi connectivity index (χ0) is 12.4. The van der Waals surface area contributed by atoms with Crippen molar-refractivity contribution in [2.75, 3.05) is 0 Å². The Morgan fingerprint density at radius 1 is 1.35 bits per heavy atom. The number of imidazole rings is 1. The molecule has 0 spiro atoms. The van der Waals surface area contributed by atoms with Gasteiger partial charge in [-0.1, -0.05) is 35.8 Å². The van der Waals surface area contributed by atoms with Crippen LogP contribution in [0.25, 0.3) is 5.69 Å². The Kier molecular flexibility index (Phi) is 3.64. The minimum absolute atomic E-state index is 0.00326. The molecule has 1 atom stereocenters. The molecule has 2 rings (SSSR count). The van der Waals surface area contributed by atoms with Crippen molar-refractivity contribution in [2.24, 2.45) is 11.7 Å². The highest BCUT2D eigenvalue weighted by molar-refractivity contribution is 9.10. The van der Waals surface area contributed by atoms with Gasteiger partial charge in [-0.3, -0.25) is 0 Å². The summed E-state index contributed by atoms with van der Waals surface area (Å²) in [7, 11) is 0. The Balaban J connectivity index is 2.43. The topological polar surface area (TPSA) is 43.8 Å². The Morgan fingerprint density at radius 2 is 2.12 bits per heavy atom. The van der Waals surface area contributed by atoms with E-state index >= 15 is 0 Å². The first kappa shape index (κ1) is 12.3. The van der Waals surface area contributed by atoms with Crippen molar-refractivity contribution in [3.05, 3.63) is 47.0 Å². The van der Waals surface area contributed by atoms with Gasteiger partial charge in [0.2, 0.25) is 0 Å². The molecular formula is C13H16BrN3. The van der Waals surface area contributed by atoms with Gasteiger partial charge in [0.1, 0.15) is 0 Å². The van der Waals surface area contributed by atoms with Crippen molar-refractivity contribution in [1.82, 2.24) is 9.55 Å². The van der Waals surface area contributed by atoms with Gasteiger partial charge in [0.15, 0.2) is 0 Å². The van der Waals surface area contributed by atoms with Gasteiger partial charge in [0.25, 0.3) is 0 Å². The molecule has 0 saturated heterocycles. The first-order valence-electron chi connectivity index (χ1n) is 5.63. The van der Waals surface area contributed by atoms with E-state index < -0.39 is 0 Å². The quantitative estimate of drug-likeness (QED) is 0.944. The summed E-state index contributed by atoms with van der Waals surface area (Å²) >= 11 is 3.47. The van der Waals surface area contributed by atoms with Crippen molar-refractivity contribution in [3.63, 3.8) is 0 Å². The molecule has 0 bridgehead atoms. The molecule has 0 aliphatic carbocycles. The number of rotatable bonds is 3. The number of nitrogens with zero attached hydrogens (tertiary/aromatic N) is 2. The van der Waals surface area contributed by atoms with E-state index in [1.54, 1.807) is 6.33 Å². The molecular weight excluding hydrogens is 278 g/mol. The molecule has 4 heteroatoms. The van der Waals surface area contributed by atoms with E-state index in [1.165, 1.54) is 0 Å². The van der Waals surface area contributed by atoms with Crippen LogP contribution in [0.15, 0.2) is 41.3 Å². The molecule has 1 heterocycles. The van der Waals surface area contributed by atoms with Gasteiger partial charge in [0, 0.05) is 16.2 Å². The normalized spacial score (nSPS) is 13.0. The van der Waals surface area contributed by atoms with Crippen LogP contribution in [0.3, 0.4) is 0 Å². The highest BCUT2D eigenvalue weighted by Gasteiger charge is 2.15. The van der Waals surface area contributed by atoms with Crippen molar-refractivity contribution in [2.45, 2.75) is 19.9 Å². The zero-order valence-corrected chi connectivity index (χ0v) is 11.6. The molecule has 0 radical (unpaired) electrons. The zero-order valence-electron chi connectivity index (χ0n) is 9.97. The lowest BCUT2D eigenvalue weighted by atomic mass is 10.0. The second-order valence-electron chi connectivity index (χ2n) is 4.44. The van der Waals surface area contributed by atoms with Crippen LogP contribution < -0.4 is 5.73 Å². The lowest BCUT2D eigenvalue weighted by Crippen LogP contribution is -2.19. The van der Waals surface area contributed by atoms with E-state index in [-0.39, 0.29) is 6.04 Å². The number of aromatic nitrogens is 2. The fourth-order valence-corrected chi connectivity index (χ4v) is 2.12. The SMILES string of the molecule is CC(C)C(N)c1cncn1-c1cccc(Br)c1. The van der Waals surface area contributed by atoms with Gasteiger partial charge in [0.05, 0.1) is 18.2 Å². The van der Waals surface area contributed by atoms with Crippen molar-refractivity contribution < 1.29 is 0 Å². The monoisotopic (exact) mass is 293 g/mol. The smallest absolute Gasteiger partial charge is 0.0994 e. The summed E-state index contributed by atoms with van der Waals surface area (Å²) < 4.78 is 3.09. The molecule has 0 amide bonds. The number of benzene rings is 1. The average molecular weight is 294 g/mol. The molecule has 2 N–H and O–H groups in total. The molecule has 1 unspecified atom stereocenters. The molecule has 3 nitrogen and oxygen atoms in total. The molecule has 90 valence electrons. The van der Waals surface area contributed by atoms with Gasteiger partial charge < -0.3 is 10.3 Å².